The Hall–Kier alpha value is -1.70. The van der Waals surface area contributed by atoms with Gasteiger partial charge in [-0.15, -0.1) is 11.3 Å². The molecule has 0 radical (unpaired) electrons. The van der Waals surface area contributed by atoms with E-state index in [0.29, 0.717) is 11.3 Å². The number of hydrogen-bond donors (Lipinski definition) is 1. The first-order chi connectivity index (χ1) is 12.1. The molecule has 3 rings (SSSR count). The van der Waals surface area contributed by atoms with Crippen molar-refractivity contribution < 1.29 is 9.18 Å². The molecule has 0 bridgehead atoms. The molecule has 1 heterocycles. The van der Waals surface area contributed by atoms with Crippen LogP contribution in [0.1, 0.15) is 11.3 Å². The average Bonchev–Trinajstić information content (AvgIpc) is 3.03. The van der Waals surface area contributed by atoms with Crippen LogP contribution in [0.3, 0.4) is 0 Å². The van der Waals surface area contributed by atoms with E-state index >= 15 is 0 Å². The summed E-state index contributed by atoms with van der Waals surface area (Å²) in [6, 6.07) is 14.1. The minimum atomic E-state index is -0.208. The normalized spacial score (nSPS) is 10.6. The lowest BCUT2D eigenvalue weighted by molar-refractivity contribution is -0.115. The van der Waals surface area contributed by atoms with Crippen LogP contribution < -0.4 is 5.32 Å². The Labute approximate surface area is 161 Å². The quantitative estimate of drug-likeness (QED) is 0.517. The van der Waals surface area contributed by atoms with Crippen LogP contribution in [0.5, 0.6) is 0 Å². The molecule has 0 atom stereocenters. The van der Waals surface area contributed by atoms with Gasteiger partial charge in [0.05, 0.1) is 12.1 Å². The lowest BCUT2D eigenvalue weighted by Gasteiger charge is -2.04. The molecule has 2 aromatic carbocycles. The molecule has 25 heavy (non-hydrogen) atoms. The number of anilines is 1. The van der Waals surface area contributed by atoms with Crippen molar-refractivity contribution in [2.24, 2.45) is 0 Å². The van der Waals surface area contributed by atoms with Gasteiger partial charge in [0.25, 0.3) is 0 Å². The average molecular weight is 437 g/mol. The summed E-state index contributed by atoms with van der Waals surface area (Å²) in [6.45, 7) is 0. The topological polar surface area (TPSA) is 42.0 Å². The van der Waals surface area contributed by atoms with Crippen molar-refractivity contribution in [2.45, 2.75) is 16.5 Å². The fourth-order valence-electron chi connectivity index (χ4n) is 2.09. The zero-order valence-electron chi connectivity index (χ0n) is 13.0. The lowest BCUT2D eigenvalue weighted by atomic mass is 10.2. The highest BCUT2D eigenvalue weighted by Gasteiger charge is 2.10. The van der Waals surface area contributed by atoms with E-state index in [-0.39, 0.29) is 18.1 Å². The molecule has 0 unspecified atom stereocenters. The number of carbonyl (C=O) groups excluding carboxylic acids is 1. The number of rotatable bonds is 6. The zero-order valence-corrected chi connectivity index (χ0v) is 16.3. The predicted molar refractivity (Wildman–Crippen MR) is 105 cm³/mol. The largest absolute Gasteiger partial charge is 0.326 e. The number of thioether (sulfide) groups is 1. The van der Waals surface area contributed by atoms with Gasteiger partial charge in [0, 0.05) is 21.3 Å². The molecule has 7 heteroatoms. The Bertz CT molecular complexity index is 868. The van der Waals surface area contributed by atoms with Gasteiger partial charge in [0.1, 0.15) is 10.2 Å². The third-order valence-corrected chi connectivity index (χ3v) is 5.96. The maximum Gasteiger partial charge on any atom is 0.230 e. The Balaban J connectivity index is 1.53. The lowest BCUT2D eigenvalue weighted by Crippen LogP contribution is -2.14. The van der Waals surface area contributed by atoms with E-state index in [2.05, 4.69) is 26.2 Å². The van der Waals surface area contributed by atoms with Gasteiger partial charge in [-0.1, -0.05) is 45.9 Å². The van der Waals surface area contributed by atoms with E-state index in [1.807, 2.05) is 35.7 Å². The molecular formula is C18H14BrFN2OS2. The van der Waals surface area contributed by atoms with Gasteiger partial charge < -0.3 is 5.32 Å². The molecular weight excluding hydrogens is 423 g/mol. The Morgan fingerprint density at radius 2 is 1.96 bits per heavy atom. The van der Waals surface area contributed by atoms with E-state index < -0.39 is 0 Å². The second-order valence-electron chi connectivity index (χ2n) is 5.22. The molecule has 0 aliphatic carbocycles. The number of aromatic nitrogens is 1. The summed E-state index contributed by atoms with van der Waals surface area (Å²) < 4.78 is 15.4. The molecule has 0 fully saturated rings. The summed E-state index contributed by atoms with van der Waals surface area (Å²) in [5.41, 5.74) is 2.12. The van der Waals surface area contributed by atoms with Crippen molar-refractivity contribution in [3.8, 4) is 0 Å². The maximum absolute atomic E-state index is 13.6. The number of hydrogen-bond acceptors (Lipinski definition) is 4. The molecule has 0 spiro atoms. The first-order valence-corrected chi connectivity index (χ1v) is 10.1. The van der Waals surface area contributed by atoms with Crippen LogP contribution in [0.4, 0.5) is 10.1 Å². The summed E-state index contributed by atoms with van der Waals surface area (Å²) in [4.78, 5) is 16.5. The fraction of sp³-hybridized carbons (Fsp3) is 0.111. The van der Waals surface area contributed by atoms with E-state index in [4.69, 9.17) is 0 Å². The first kappa shape index (κ1) is 18.1. The summed E-state index contributed by atoms with van der Waals surface area (Å²) in [6.07, 6.45) is 0.215. The minimum Gasteiger partial charge on any atom is -0.326 e. The van der Waals surface area contributed by atoms with Gasteiger partial charge >= 0.3 is 0 Å². The van der Waals surface area contributed by atoms with Crippen molar-refractivity contribution in [3.63, 3.8) is 0 Å². The predicted octanol–water partition coefficient (Wildman–Crippen LogP) is 5.52. The van der Waals surface area contributed by atoms with Crippen LogP contribution in [0, 0.1) is 5.82 Å². The zero-order chi connectivity index (χ0) is 17.6. The second kappa shape index (κ2) is 8.60. The molecule has 3 nitrogen and oxygen atoms in total. The number of thiazole rings is 1. The molecule has 3 aromatic rings. The van der Waals surface area contributed by atoms with Crippen molar-refractivity contribution in [1.29, 1.82) is 0 Å². The van der Waals surface area contributed by atoms with Crippen LogP contribution in [0.15, 0.2) is 62.7 Å². The van der Waals surface area contributed by atoms with Gasteiger partial charge in [-0.25, -0.2) is 9.37 Å². The van der Waals surface area contributed by atoms with Crippen LogP contribution in [-0.2, 0) is 17.0 Å². The number of carbonyl (C=O) groups is 1. The Kier molecular flexibility index (Phi) is 6.23. The molecule has 0 aliphatic heterocycles. The second-order valence-corrected chi connectivity index (χ2v) is 8.21. The van der Waals surface area contributed by atoms with Crippen LogP contribution >= 0.6 is 39.0 Å². The van der Waals surface area contributed by atoms with Crippen molar-refractivity contribution >= 4 is 50.6 Å². The van der Waals surface area contributed by atoms with E-state index in [1.54, 1.807) is 12.1 Å². The molecule has 128 valence electrons. The van der Waals surface area contributed by atoms with Gasteiger partial charge in [-0.05, 0) is 35.9 Å². The maximum atomic E-state index is 13.6. The molecule has 0 saturated carbocycles. The van der Waals surface area contributed by atoms with Gasteiger partial charge in [0.2, 0.25) is 5.91 Å². The van der Waals surface area contributed by atoms with Gasteiger partial charge in [-0.2, -0.15) is 0 Å². The number of amides is 1. The van der Waals surface area contributed by atoms with Gasteiger partial charge in [0.15, 0.2) is 0 Å². The fourth-order valence-corrected chi connectivity index (χ4v) is 4.19. The van der Waals surface area contributed by atoms with E-state index in [1.165, 1.54) is 29.2 Å². The standard InChI is InChI=1S/C18H14BrFN2OS2/c19-13-5-7-14(8-6-13)21-17(23)9-15-11-25-18(22-15)24-10-12-3-1-2-4-16(12)20/h1-8,11H,9-10H2,(H,21,23). The number of nitrogens with zero attached hydrogens (tertiary/aromatic N) is 1. The van der Waals surface area contributed by atoms with Crippen molar-refractivity contribution in [3.05, 3.63) is 75.5 Å². The highest BCUT2D eigenvalue weighted by atomic mass is 79.9. The molecule has 1 amide bonds. The minimum absolute atomic E-state index is 0.113. The number of nitrogens with one attached hydrogen (secondary N) is 1. The summed E-state index contributed by atoms with van der Waals surface area (Å²) in [7, 11) is 0. The summed E-state index contributed by atoms with van der Waals surface area (Å²) in [5, 5.41) is 4.71. The molecule has 1 N–H and O–H groups in total. The highest BCUT2D eigenvalue weighted by molar-refractivity contribution is 9.10. The van der Waals surface area contributed by atoms with Gasteiger partial charge in [-0.3, -0.25) is 4.79 Å². The highest BCUT2D eigenvalue weighted by Crippen LogP contribution is 2.27. The van der Waals surface area contributed by atoms with Crippen LogP contribution in [0.2, 0.25) is 0 Å². The van der Waals surface area contributed by atoms with Crippen molar-refractivity contribution in [1.82, 2.24) is 4.98 Å². The number of halogens is 2. The first-order valence-electron chi connectivity index (χ1n) is 7.46. The Morgan fingerprint density at radius 1 is 1.20 bits per heavy atom. The monoisotopic (exact) mass is 436 g/mol. The van der Waals surface area contributed by atoms with Crippen LogP contribution in [-0.4, -0.2) is 10.9 Å². The molecule has 0 saturated heterocycles. The molecule has 1 aromatic heterocycles. The number of benzene rings is 2. The summed E-state index contributed by atoms with van der Waals surface area (Å²) >= 11 is 6.30. The van der Waals surface area contributed by atoms with Crippen LogP contribution in [0.25, 0.3) is 0 Å². The smallest absolute Gasteiger partial charge is 0.230 e. The Morgan fingerprint density at radius 3 is 2.72 bits per heavy atom. The van der Waals surface area contributed by atoms with E-state index in [9.17, 15) is 9.18 Å². The van der Waals surface area contributed by atoms with Crippen molar-refractivity contribution in [2.75, 3.05) is 5.32 Å². The third kappa shape index (κ3) is 5.39. The summed E-state index contributed by atoms with van der Waals surface area (Å²) in [5.74, 6) is 0.198. The van der Waals surface area contributed by atoms with E-state index in [0.717, 1.165) is 20.2 Å². The third-order valence-electron chi connectivity index (χ3n) is 3.31. The molecule has 0 aliphatic rings. The SMILES string of the molecule is O=C(Cc1csc(SCc2ccccc2F)n1)Nc1ccc(Br)cc1.